The molecule has 0 aromatic rings. The van der Waals surface area contributed by atoms with Gasteiger partial charge >= 0.3 is 0 Å². The quantitative estimate of drug-likeness (QED) is 0.726. The Labute approximate surface area is 99.2 Å². The van der Waals surface area contributed by atoms with Crippen LogP contribution in [0, 0.1) is 11.8 Å². The standard InChI is InChI=1S/C12H24N2S/c1-4-13-12(15)14-11-7-5-10(6-8-11)9(2)3/h9-11H,4-8H2,1-3H3,(H2,13,14,15). The lowest BCUT2D eigenvalue weighted by Gasteiger charge is -2.31. The molecule has 0 aliphatic heterocycles. The van der Waals surface area contributed by atoms with Gasteiger partial charge in [-0.05, 0) is 56.7 Å². The highest BCUT2D eigenvalue weighted by Crippen LogP contribution is 2.29. The molecule has 2 N–H and O–H groups in total. The van der Waals surface area contributed by atoms with E-state index in [2.05, 4.69) is 31.4 Å². The van der Waals surface area contributed by atoms with Crippen molar-refractivity contribution in [3.05, 3.63) is 0 Å². The first kappa shape index (κ1) is 12.8. The Morgan fingerprint density at radius 2 is 1.87 bits per heavy atom. The second kappa shape index (κ2) is 6.31. The van der Waals surface area contributed by atoms with Gasteiger partial charge < -0.3 is 10.6 Å². The van der Waals surface area contributed by atoms with Crippen molar-refractivity contribution in [1.29, 1.82) is 0 Å². The van der Waals surface area contributed by atoms with E-state index in [1.807, 2.05) is 0 Å². The summed E-state index contributed by atoms with van der Waals surface area (Å²) in [5.41, 5.74) is 0. The van der Waals surface area contributed by atoms with Crippen molar-refractivity contribution in [3.8, 4) is 0 Å². The van der Waals surface area contributed by atoms with Gasteiger partial charge in [-0.15, -0.1) is 0 Å². The number of thiocarbonyl (C=S) groups is 1. The summed E-state index contributed by atoms with van der Waals surface area (Å²) in [6, 6.07) is 0.603. The van der Waals surface area contributed by atoms with Crippen LogP contribution in [0.15, 0.2) is 0 Å². The summed E-state index contributed by atoms with van der Waals surface area (Å²) in [6.07, 6.45) is 5.25. The van der Waals surface area contributed by atoms with Gasteiger partial charge in [0.1, 0.15) is 0 Å². The van der Waals surface area contributed by atoms with Gasteiger partial charge in [-0.1, -0.05) is 13.8 Å². The summed E-state index contributed by atoms with van der Waals surface area (Å²) in [7, 11) is 0. The normalized spacial score (nSPS) is 26.4. The summed E-state index contributed by atoms with van der Waals surface area (Å²) in [5, 5.41) is 7.37. The zero-order chi connectivity index (χ0) is 11.3. The molecule has 0 unspecified atom stereocenters. The van der Waals surface area contributed by atoms with Gasteiger partial charge in [0.25, 0.3) is 0 Å². The third kappa shape index (κ3) is 4.37. The second-order valence-electron chi connectivity index (χ2n) is 4.86. The maximum Gasteiger partial charge on any atom is 0.166 e. The van der Waals surface area contributed by atoms with E-state index in [0.717, 1.165) is 23.5 Å². The molecular weight excluding hydrogens is 204 g/mol. The van der Waals surface area contributed by atoms with E-state index in [-0.39, 0.29) is 0 Å². The molecule has 1 fully saturated rings. The van der Waals surface area contributed by atoms with Gasteiger partial charge in [0.05, 0.1) is 0 Å². The van der Waals surface area contributed by atoms with Gasteiger partial charge in [0.2, 0.25) is 0 Å². The zero-order valence-corrected chi connectivity index (χ0v) is 11.0. The van der Waals surface area contributed by atoms with Gasteiger partial charge in [-0.25, -0.2) is 0 Å². The predicted octanol–water partition coefficient (Wildman–Crippen LogP) is 2.69. The minimum absolute atomic E-state index is 0.603. The van der Waals surface area contributed by atoms with Crippen LogP contribution in [0.25, 0.3) is 0 Å². The van der Waals surface area contributed by atoms with E-state index in [0.29, 0.717) is 6.04 Å². The van der Waals surface area contributed by atoms with Crippen LogP contribution in [0.5, 0.6) is 0 Å². The predicted molar refractivity (Wildman–Crippen MR) is 70.0 cm³/mol. The average Bonchev–Trinajstić information content (AvgIpc) is 2.18. The van der Waals surface area contributed by atoms with Gasteiger partial charge in [-0.3, -0.25) is 0 Å². The first-order valence-electron chi connectivity index (χ1n) is 6.17. The highest BCUT2D eigenvalue weighted by Gasteiger charge is 2.23. The van der Waals surface area contributed by atoms with E-state index < -0.39 is 0 Å². The van der Waals surface area contributed by atoms with Crippen molar-refractivity contribution in [1.82, 2.24) is 10.6 Å². The Morgan fingerprint density at radius 3 is 2.33 bits per heavy atom. The Bertz CT molecular complexity index is 196. The molecule has 0 atom stereocenters. The molecule has 0 heterocycles. The van der Waals surface area contributed by atoms with E-state index in [4.69, 9.17) is 12.2 Å². The first-order chi connectivity index (χ1) is 7.13. The molecule has 1 aliphatic carbocycles. The molecule has 15 heavy (non-hydrogen) atoms. The van der Waals surface area contributed by atoms with Crippen LogP contribution in [0.4, 0.5) is 0 Å². The third-order valence-electron chi connectivity index (χ3n) is 3.39. The fourth-order valence-corrected chi connectivity index (χ4v) is 2.64. The minimum atomic E-state index is 0.603. The number of hydrogen-bond donors (Lipinski definition) is 2. The SMILES string of the molecule is CCNC(=S)NC1CCC(C(C)C)CC1. The monoisotopic (exact) mass is 228 g/mol. The van der Waals surface area contributed by atoms with Crippen molar-refractivity contribution in [2.45, 2.75) is 52.5 Å². The maximum atomic E-state index is 5.19. The summed E-state index contributed by atoms with van der Waals surface area (Å²) in [4.78, 5) is 0. The van der Waals surface area contributed by atoms with Crippen LogP contribution in [0.1, 0.15) is 46.5 Å². The Balaban J connectivity index is 2.22. The van der Waals surface area contributed by atoms with Crippen LogP contribution in [-0.2, 0) is 0 Å². The Morgan fingerprint density at radius 1 is 1.27 bits per heavy atom. The van der Waals surface area contributed by atoms with E-state index in [1.54, 1.807) is 0 Å². The van der Waals surface area contributed by atoms with E-state index >= 15 is 0 Å². The lowest BCUT2D eigenvalue weighted by atomic mass is 9.80. The van der Waals surface area contributed by atoms with Crippen molar-refractivity contribution in [2.75, 3.05) is 6.54 Å². The molecule has 0 spiro atoms. The van der Waals surface area contributed by atoms with Gasteiger partial charge in [0.15, 0.2) is 5.11 Å². The highest BCUT2D eigenvalue weighted by molar-refractivity contribution is 7.80. The Kier molecular flexibility index (Phi) is 5.37. The molecule has 0 radical (unpaired) electrons. The van der Waals surface area contributed by atoms with Crippen molar-refractivity contribution < 1.29 is 0 Å². The molecule has 0 aromatic heterocycles. The van der Waals surface area contributed by atoms with Crippen molar-refractivity contribution in [2.24, 2.45) is 11.8 Å². The smallest absolute Gasteiger partial charge is 0.166 e. The highest BCUT2D eigenvalue weighted by atomic mass is 32.1. The maximum absolute atomic E-state index is 5.19. The molecule has 3 heteroatoms. The van der Waals surface area contributed by atoms with Crippen LogP contribution < -0.4 is 10.6 Å². The van der Waals surface area contributed by atoms with Crippen LogP contribution in [0.3, 0.4) is 0 Å². The second-order valence-corrected chi connectivity index (χ2v) is 5.27. The molecule has 2 nitrogen and oxygen atoms in total. The van der Waals surface area contributed by atoms with Crippen LogP contribution in [0.2, 0.25) is 0 Å². The molecule has 0 amide bonds. The average molecular weight is 228 g/mol. The minimum Gasteiger partial charge on any atom is -0.363 e. The lowest BCUT2D eigenvalue weighted by molar-refractivity contribution is 0.250. The van der Waals surface area contributed by atoms with E-state index in [9.17, 15) is 0 Å². The molecule has 0 aromatic carbocycles. The summed E-state index contributed by atoms with van der Waals surface area (Å²) in [5.74, 6) is 1.77. The van der Waals surface area contributed by atoms with Crippen LogP contribution >= 0.6 is 12.2 Å². The van der Waals surface area contributed by atoms with Crippen molar-refractivity contribution in [3.63, 3.8) is 0 Å². The number of hydrogen-bond acceptors (Lipinski definition) is 1. The van der Waals surface area contributed by atoms with E-state index in [1.165, 1.54) is 25.7 Å². The molecule has 0 saturated heterocycles. The largest absolute Gasteiger partial charge is 0.363 e. The Hall–Kier alpha value is -0.310. The first-order valence-corrected chi connectivity index (χ1v) is 6.58. The fourth-order valence-electron chi connectivity index (χ4n) is 2.33. The lowest BCUT2D eigenvalue weighted by Crippen LogP contribution is -2.43. The number of rotatable bonds is 3. The molecule has 1 rings (SSSR count). The van der Waals surface area contributed by atoms with Gasteiger partial charge in [0, 0.05) is 12.6 Å². The summed E-state index contributed by atoms with van der Waals surface area (Å²) < 4.78 is 0. The molecule has 1 aliphatic rings. The fraction of sp³-hybridized carbons (Fsp3) is 0.917. The zero-order valence-electron chi connectivity index (χ0n) is 10.2. The van der Waals surface area contributed by atoms with Crippen LogP contribution in [-0.4, -0.2) is 17.7 Å². The summed E-state index contributed by atoms with van der Waals surface area (Å²) >= 11 is 5.19. The van der Waals surface area contributed by atoms with Gasteiger partial charge in [-0.2, -0.15) is 0 Å². The topological polar surface area (TPSA) is 24.1 Å². The molecule has 0 bridgehead atoms. The molecular formula is C12H24N2S. The summed E-state index contributed by atoms with van der Waals surface area (Å²) in [6.45, 7) is 7.65. The third-order valence-corrected chi connectivity index (χ3v) is 3.65. The molecule has 1 saturated carbocycles. The number of nitrogens with one attached hydrogen (secondary N) is 2. The molecule has 88 valence electrons. The van der Waals surface area contributed by atoms with Crippen molar-refractivity contribution >= 4 is 17.3 Å².